The monoisotopic (exact) mass is 217 g/mol. The van der Waals surface area contributed by atoms with Crippen LogP contribution in [0.4, 0.5) is 10.1 Å². The van der Waals surface area contributed by atoms with Crippen LogP contribution in [-0.2, 0) is 0 Å². The molecule has 0 saturated carbocycles. The first-order valence-electron chi connectivity index (χ1n) is 4.37. The molecule has 0 spiro atoms. The average Bonchev–Trinajstić information content (AvgIpc) is 2.14. The topological polar surface area (TPSA) is 32.3 Å². The Morgan fingerprint density at radius 1 is 1.57 bits per heavy atom. The van der Waals surface area contributed by atoms with Gasteiger partial charge in [-0.05, 0) is 31.5 Å². The molecule has 0 amide bonds. The SMILES string of the molecule is Cc1cc(NC(C)CO)c(Cl)cc1F. The van der Waals surface area contributed by atoms with Crippen molar-refractivity contribution in [2.45, 2.75) is 19.9 Å². The zero-order valence-electron chi connectivity index (χ0n) is 8.14. The number of aryl methyl sites for hydroxylation is 1. The fourth-order valence-electron chi connectivity index (χ4n) is 1.08. The highest BCUT2D eigenvalue weighted by Crippen LogP contribution is 2.25. The van der Waals surface area contributed by atoms with E-state index >= 15 is 0 Å². The van der Waals surface area contributed by atoms with Crippen LogP contribution in [0.5, 0.6) is 0 Å². The molecule has 0 heterocycles. The summed E-state index contributed by atoms with van der Waals surface area (Å²) >= 11 is 5.82. The largest absolute Gasteiger partial charge is 0.394 e. The molecule has 0 aromatic heterocycles. The summed E-state index contributed by atoms with van der Waals surface area (Å²) in [6.45, 7) is 3.49. The molecule has 14 heavy (non-hydrogen) atoms. The first kappa shape index (κ1) is 11.3. The summed E-state index contributed by atoms with van der Waals surface area (Å²) < 4.78 is 13.0. The van der Waals surface area contributed by atoms with Crippen LogP contribution < -0.4 is 5.32 Å². The van der Waals surface area contributed by atoms with Crippen molar-refractivity contribution in [3.05, 3.63) is 28.5 Å². The fourth-order valence-corrected chi connectivity index (χ4v) is 1.28. The molecule has 4 heteroatoms. The van der Waals surface area contributed by atoms with Gasteiger partial charge in [0.15, 0.2) is 0 Å². The second-order valence-electron chi connectivity index (χ2n) is 3.31. The van der Waals surface area contributed by atoms with E-state index in [1.165, 1.54) is 6.07 Å². The van der Waals surface area contributed by atoms with Crippen molar-refractivity contribution < 1.29 is 9.50 Å². The summed E-state index contributed by atoms with van der Waals surface area (Å²) in [4.78, 5) is 0. The van der Waals surface area contributed by atoms with Gasteiger partial charge in [-0.2, -0.15) is 0 Å². The zero-order valence-corrected chi connectivity index (χ0v) is 8.90. The number of hydrogen-bond acceptors (Lipinski definition) is 2. The van der Waals surface area contributed by atoms with Crippen molar-refractivity contribution in [3.63, 3.8) is 0 Å². The van der Waals surface area contributed by atoms with Gasteiger partial charge in [-0.1, -0.05) is 11.6 Å². The number of halogens is 2. The third-order valence-electron chi connectivity index (χ3n) is 1.92. The van der Waals surface area contributed by atoms with Gasteiger partial charge >= 0.3 is 0 Å². The lowest BCUT2D eigenvalue weighted by atomic mass is 10.2. The maximum atomic E-state index is 13.0. The van der Waals surface area contributed by atoms with Crippen LogP contribution in [0, 0.1) is 12.7 Å². The second kappa shape index (κ2) is 4.62. The molecule has 78 valence electrons. The summed E-state index contributed by atoms with van der Waals surface area (Å²) in [6, 6.07) is 2.80. The van der Waals surface area contributed by atoms with Crippen LogP contribution in [0.15, 0.2) is 12.1 Å². The molecule has 1 atom stereocenters. The Bertz CT molecular complexity index is 330. The Hall–Kier alpha value is -0.800. The predicted octanol–water partition coefficient (Wildman–Crippen LogP) is 2.58. The van der Waals surface area contributed by atoms with E-state index in [9.17, 15) is 4.39 Å². The van der Waals surface area contributed by atoms with Gasteiger partial charge in [0, 0.05) is 6.04 Å². The van der Waals surface area contributed by atoms with Crippen LogP contribution >= 0.6 is 11.6 Å². The van der Waals surface area contributed by atoms with E-state index in [2.05, 4.69) is 5.32 Å². The molecule has 0 bridgehead atoms. The number of benzene rings is 1. The molecule has 2 nitrogen and oxygen atoms in total. The Balaban J connectivity index is 2.92. The van der Waals surface area contributed by atoms with E-state index in [0.29, 0.717) is 16.3 Å². The molecule has 0 aliphatic carbocycles. The number of hydrogen-bond donors (Lipinski definition) is 2. The maximum Gasteiger partial charge on any atom is 0.127 e. The number of aliphatic hydroxyl groups excluding tert-OH is 1. The lowest BCUT2D eigenvalue weighted by Crippen LogP contribution is -2.19. The van der Waals surface area contributed by atoms with Crippen molar-refractivity contribution in [1.29, 1.82) is 0 Å². The van der Waals surface area contributed by atoms with Gasteiger partial charge in [-0.25, -0.2) is 4.39 Å². The molecule has 0 aliphatic heterocycles. The summed E-state index contributed by atoms with van der Waals surface area (Å²) in [6.07, 6.45) is 0. The molecule has 1 unspecified atom stereocenters. The van der Waals surface area contributed by atoms with E-state index in [1.54, 1.807) is 13.0 Å². The second-order valence-corrected chi connectivity index (χ2v) is 3.72. The quantitative estimate of drug-likeness (QED) is 0.816. The van der Waals surface area contributed by atoms with Gasteiger partial charge in [0.05, 0.1) is 17.3 Å². The lowest BCUT2D eigenvalue weighted by Gasteiger charge is -2.14. The van der Waals surface area contributed by atoms with Crippen molar-refractivity contribution in [1.82, 2.24) is 0 Å². The molecular weight excluding hydrogens is 205 g/mol. The number of aliphatic hydroxyl groups is 1. The maximum absolute atomic E-state index is 13.0. The van der Waals surface area contributed by atoms with Crippen LogP contribution in [0.3, 0.4) is 0 Å². The smallest absolute Gasteiger partial charge is 0.127 e. The first-order chi connectivity index (χ1) is 6.54. The van der Waals surface area contributed by atoms with Gasteiger partial charge in [0.25, 0.3) is 0 Å². The number of nitrogens with one attached hydrogen (secondary N) is 1. The van der Waals surface area contributed by atoms with Crippen molar-refractivity contribution in [2.75, 3.05) is 11.9 Å². The number of rotatable bonds is 3. The average molecular weight is 218 g/mol. The summed E-state index contributed by atoms with van der Waals surface area (Å²) in [7, 11) is 0. The first-order valence-corrected chi connectivity index (χ1v) is 4.75. The molecular formula is C10H13ClFNO. The third-order valence-corrected chi connectivity index (χ3v) is 2.24. The summed E-state index contributed by atoms with van der Waals surface area (Å²) in [5.74, 6) is -0.322. The Morgan fingerprint density at radius 2 is 2.21 bits per heavy atom. The van der Waals surface area contributed by atoms with Gasteiger partial charge in [0.2, 0.25) is 0 Å². The van der Waals surface area contributed by atoms with Gasteiger partial charge in [-0.3, -0.25) is 0 Å². The highest BCUT2D eigenvalue weighted by Gasteiger charge is 2.07. The van der Waals surface area contributed by atoms with Crippen LogP contribution in [0.1, 0.15) is 12.5 Å². The Labute approximate surface area is 87.7 Å². The molecule has 0 radical (unpaired) electrons. The van der Waals surface area contributed by atoms with Crippen LogP contribution in [0.25, 0.3) is 0 Å². The highest BCUT2D eigenvalue weighted by molar-refractivity contribution is 6.33. The van der Waals surface area contributed by atoms with E-state index < -0.39 is 0 Å². The van der Waals surface area contributed by atoms with E-state index in [1.807, 2.05) is 6.92 Å². The van der Waals surface area contributed by atoms with Crippen molar-refractivity contribution >= 4 is 17.3 Å². The normalized spacial score (nSPS) is 12.6. The minimum atomic E-state index is -0.322. The number of anilines is 1. The minimum absolute atomic E-state index is 0.00670. The fraction of sp³-hybridized carbons (Fsp3) is 0.400. The zero-order chi connectivity index (χ0) is 10.7. The lowest BCUT2D eigenvalue weighted by molar-refractivity contribution is 0.281. The summed E-state index contributed by atoms with van der Waals surface area (Å²) in [5.41, 5.74) is 1.18. The molecule has 0 aliphatic rings. The van der Waals surface area contributed by atoms with E-state index in [-0.39, 0.29) is 18.5 Å². The Morgan fingerprint density at radius 3 is 2.79 bits per heavy atom. The minimum Gasteiger partial charge on any atom is -0.394 e. The van der Waals surface area contributed by atoms with Crippen molar-refractivity contribution in [2.24, 2.45) is 0 Å². The standard InChI is InChI=1S/C10H13ClFNO/c1-6-3-10(13-7(2)5-14)8(11)4-9(6)12/h3-4,7,13-14H,5H2,1-2H3. The van der Waals surface area contributed by atoms with Crippen LogP contribution in [0.2, 0.25) is 5.02 Å². The van der Waals surface area contributed by atoms with Gasteiger partial charge in [-0.15, -0.1) is 0 Å². The van der Waals surface area contributed by atoms with Crippen LogP contribution in [-0.4, -0.2) is 17.8 Å². The highest BCUT2D eigenvalue weighted by atomic mass is 35.5. The Kier molecular flexibility index (Phi) is 3.72. The molecule has 1 rings (SSSR count). The van der Waals surface area contributed by atoms with Gasteiger partial charge < -0.3 is 10.4 Å². The van der Waals surface area contributed by atoms with Crippen molar-refractivity contribution in [3.8, 4) is 0 Å². The molecule has 0 saturated heterocycles. The molecule has 0 fully saturated rings. The van der Waals surface area contributed by atoms with Gasteiger partial charge in [0.1, 0.15) is 5.82 Å². The molecule has 2 N–H and O–H groups in total. The summed E-state index contributed by atoms with van der Waals surface area (Å²) in [5, 5.41) is 12.1. The third kappa shape index (κ3) is 2.59. The molecule has 1 aromatic rings. The van der Waals surface area contributed by atoms with E-state index in [4.69, 9.17) is 16.7 Å². The van der Waals surface area contributed by atoms with E-state index in [0.717, 1.165) is 0 Å². The molecule has 1 aromatic carbocycles. The predicted molar refractivity (Wildman–Crippen MR) is 56.3 cm³/mol.